The highest BCUT2D eigenvalue weighted by atomic mass is 16.5. The van der Waals surface area contributed by atoms with Crippen LogP contribution in [-0.2, 0) is 4.79 Å². The molecule has 0 fully saturated rings. The minimum atomic E-state index is -0.686. The number of hydrogen-bond donors (Lipinski definition) is 2. The molecule has 6 heteroatoms. The number of nitrogens with zero attached hydrogens (tertiary/aromatic N) is 1. The average Bonchev–Trinajstić information content (AvgIpc) is 2.84. The average molecular weight is 287 g/mol. The standard InChI is InChI=1S/C15H17N3O3/c1-9-6-4-5-7-12(9)15(20)16-11(3)14(19)17-13-8-10(2)21-18-13/h4-8,11H,1-3H3,(H,16,20)(H,17,18,19)/t11-/m0/s1. The first-order valence-corrected chi connectivity index (χ1v) is 6.58. The topological polar surface area (TPSA) is 84.2 Å². The van der Waals surface area contributed by atoms with Gasteiger partial charge in [-0.15, -0.1) is 0 Å². The highest BCUT2D eigenvalue weighted by Gasteiger charge is 2.18. The predicted octanol–water partition coefficient (Wildman–Crippen LogP) is 2.05. The van der Waals surface area contributed by atoms with Gasteiger partial charge in [0.1, 0.15) is 11.8 Å². The van der Waals surface area contributed by atoms with Crippen LogP contribution in [0, 0.1) is 13.8 Å². The predicted molar refractivity (Wildman–Crippen MR) is 78.0 cm³/mol. The lowest BCUT2D eigenvalue weighted by molar-refractivity contribution is -0.117. The Balaban J connectivity index is 1.97. The van der Waals surface area contributed by atoms with Crippen LogP contribution < -0.4 is 10.6 Å². The Hall–Kier alpha value is -2.63. The minimum absolute atomic E-state index is 0.285. The normalized spacial score (nSPS) is 11.8. The zero-order valence-corrected chi connectivity index (χ0v) is 12.1. The van der Waals surface area contributed by atoms with Gasteiger partial charge in [-0.1, -0.05) is 23.4 Å². The van der Waals surface area contributed by atoms with Crippen molar-refractivity contribution in [3.63, 3.8) is 0 Å². The van der Waals surface area contributed by atoms with Crippen LogP contribution in [0.25, 0.3) is 0 Å². The summed E-state index contributed by atoms with van der Waals surface area (Å²) < 4.78 is 4.86. The molecule has 0 saturated carbocycles. The van der Waals surface area contributed by atoms with E-state index >= 15 is 0 Å². The van der Waals surface area contributed by atoms with Crippen LogP contribution >= 0.6 is 0 Å². The number of amides is 2. The monoisotopic (exact) mass is 287 g/mol. The van der Waals surface area contributed by atoms with Gasteiger partial charge in [-0.2, -0.15) is 0 Å². The maximum Gasteiger partial charge on any atom is 0.252 e. The minimum Gasteiger partial charge on any atom is -0.360 e. The number of rotatable bonds is 4. The van der Waals surface area contributed by atoms with Gasteiger partial charge < -0.3 is 15.2 Å². The molecule has 2 N–H and O–H groups in total. The van der Waals surface area contributed by atoms with Gasteiger partial charge in [0.2, 0.25) is 5.91 Å². The van der Waals surface area contributed by atoms with Gasteiger partial charge in [0.15, 0.2) is 5.82 Å². The number of aromatic nitrogens is 1. The molecule has 0 aliphatic rings. The molecule has 1 aromatic heterocycles. The number of anilines is 1. The van der Waals surface area contributed by atoms with E-state index in [9.17, 15) is 9.59 Å². The summed E-state index contributed by atoms with van der Waals surface area (Å²) in [6.45, 7) is 5.18. The van der Waals surface area contributed by atoms with Gasteiger partial charge in [0, 0.05) is 11.6 Å². The van der Waals surface area contributed by atoms with E-state index in [4.69, 9.17) is 4.52 Å². The maximum absolute atomic E-state index is 12.1. The van der Waals surface area contributed by atoms with Crippen LogP contribution in [0.3, 0.4) is 0 Å². The highest BCUT2D eigenvalue weighted by Crippen LogP contribution is 2.09. The lowest BCUT2D eigenvalue weighted by Gasteiger charge is -2.13. The lowest BCUT2D eigenvalue weighted by atomic mass is 10.1. The van der Waals surface area contributed by atoms with Gasteiger partial charge in [-0.05, 0) is 32.4 Å². The molecule has 6 nitrogen and oxygen atoms in total. The fraction of sp³-hybridized carbons (Fsp3) is 0.267. The summed E-state index contributed by atoms with van der Waals surface area (Å²) >= 11 is 0. The quantitative estimate of drug-likeness (QED) is 0.901. The summed E-state index contributed by atoms with van der Waals surface area (Å²) in [4.78, 5) is 24.1. The second kappa shape index (κ2) is 6.21. The van der Waals surface area contributed by atoms with E-state index in [-0.39, 0.29) is 11.8 Å². The molecule has 0 saturated heterocycles. The number of carbonyl (C=O) groups excluding carboxylic acids is 2. The zero-order chi connectivity index (χ0) is 15.4. The number of hydrogen-bond acceptors (Lipinski definition) is 4. The Kier molecular flexibility index (Phi) is 4.37. The Morgan fingerprint density at radius 2 is 1.95 bits per heavy atom. The second-order valence-corrected chi connectivity index (χ2v) is 4.82. The molecule has 1 aromatic carbocycles. The molecular formula is C15H17N3O3. The van der Waals surface area contributed by atoms with Crippen molar-refractivity contribution in [1.29, 1.82) is 0 Å². The molecule has 110 valence electrons. The Morgan fingerprint density at radius 1 is 1.24 bits per heavy atom. The third kappa shape index (κ3) is 3.68. The number of carbonyl (C=O) groups is 2. The Morgan fingerprint density at radius 3 is 2.57 bits per heavy atom. The molecule has 2 aromatic rings. The van der Waals surface area contributed by atoms with Crippen molar-refractivity contribution >= 4 is 17.6 Å². The summed E-state index contributed by atoms with van der Waals surface area (Å²) in [5.41, 5.74) is 1.41. The Bertz CT molecular complexity index is 664. The molecule has 0 aliphatic carbocycles. The van der Waals surface area contributed by atoms with Crippen LogP contribution in [0.15, 0.2) is 34.9 Å². The van der Waals surface area contributed by atoms with Crippen molar-refractivity contribution in [3.05, 3.63) is 47.2 Å². The molecule has 0 unspecified atom stereocenters. The molecule has 1 heterocycles. The molecule has 21 heavy (non-hydrogen) atoms. The fourth-order valence-corrected chi connectivity index (χ4v) is 1.83. The van der Waals surface area contributed by atoms with Crippen molar-refractivity contribution in [3.8, 4) is 0 Å². The Labute approximate surface area is 122 Å². The zero-order valence-electron chi connectivity index (χ0n) is 12.1. The van der Waals surface area contributed by atoms with E-state index in [2.05, 4.69) is 15.8 Å². The molecule has 0 aliphatic heterocycles. The molecule has 0 radical (unpaired) electrons. The third-order valence-corrected chi connectivity index (χ3v) is 3.01. The number of nitrogens with one attached hydrogen (secondary N) is 2. The molecule has 0 spiro atoms. The van der Waals surface area contributed by atoms with Crippen molar-refractivity contribution in [1.82, 2.24) is 10.5 Å². The van der Waals surface area contributed by atoms with Gasteiger partial charge >= 0.3 is 0 Å². The van der Waals surface area contributed by atoms with Gasteiger partial charge in [-0.25, -0.2) is 0 Å². The lowest BCUT2D eigenvalue weighted by Crippen LogP contribution is -2.41. The van der Waals surface area contributed by atoms with E-state index in [1.165, 1.54) is 0 Å². The van der Waals surface area contributed by atoms with Gasteiger partial charge in [0.25, 0.3) is 5.91 Å². The first kappa shape index (κ1) is 14.8. The van der Waals surface area contributed by atoms with E-state index in [1.807, 2.05) is 19.1 Å². The summed E-state index contributed by atoms with van der Waals surface area (Å²) in [7, 11) is 0. The van der Waals surface area contributed by atoms with Crippen LogP contribution in [-0.4, -0.2) is 23.0 Å². The molecule has 2 rings (SSSR count). The first-order chi connectivity index (χ1) is 9.97. The van der Waals surface area contributed by atoms with Crippen molar-refractivity contribution in [2.75, 3.05) is 5.32 Å². The van der Waals surface area contributed by atoms with E-state index in [0.717, 1.165) is 5.56 Å². The SMILES string of the molecule is Cc1cc(NC(=O)[C@H](C)NC(=O)c2ccccc2C)no1. The first-order valence-electron chi connectivity index (χ1n) is 6.58. The summed E-state index contributed by atoms with van der Waals surface area (Å²) in [5, 5.41) is 8.90. The van der Waals surface area contributed by atoms with Gasteiger partial charge in [0.05, 0.1) is 0 Å². The fourth-order valence-electron chi connectivity index (χ4n) is 1.83. The summed E-state index contributed by atoms with van der Waals surface area (Å²) in [5.74, 6) is 0.286. The van der Waals surface area contributed by atoms with Crippen molar-refractivity contribution < 1.29 is 14.1 Å². The van der Waals surface area contributed by atoms with E-state index < -0.39 is 6.04 Å². The molecule has 1 atom stereocenters. The molecule has 2 amide bonds. The van der Waals surface area contributed by atoms with Crippen molar-refractivity contribution in [2.45, 2.75) is 26.8 Å². The van der Waals surface area contributed by atoms with E-state index in [0.29, 0.717) is 17.1 Å². The third-order valence-electron chi connectivity index (χ3n) is 3.01. The smallest absolute Gasteiger partial charge is 0.252 e. The van der Waals surface area contributed by atoms with Crippen LogP contribution in [0.5, 0.6) is 0 Å². The van der Waals surface area contributed by atoms with Crippen LogP contribution in [0.4, 0.5) is 5.82 Å². The van der Waals surface area contributed by atoms with Gasteiger partial charge in [-0.3, -0.25) is 9.59 Å². The largest absolute Gasteiger partial charge is 0.360 e. The number of aryl methyl sites for hydroxylation is 2. The second-order valence-electron chi connectivity index (χ2n) is 4.82. The summed E-state index contributed by atoms with van der Waals surface area (Å²) in [6, 6.07) is 8.12. The van der Waals surface area contributed by atoms with Crippen LogP contribution in [0.1, 0.15) is 28.6 Å². The molecular weight excluding hydrogens is 270 g/mol. The maximum atomic E-state index is 12.1. The summed E-state index contributed by atoms with van der Waals surface area (Å²) in [6.07, 6.45) is 0. The van der Waals surface area contributed by atoms with Crippen molar-refractivity contribution in [2.24, 2.45) is 0 Å². The van der Waals surface area contributed by atoms with Crippen LogP contribution in [0.2, 0.25) is 0 Å². The van der Waals surface area contributed by atoms with E-state index in [1.54, 1.807) is 32.0 Å². The highest BCUT2D eigenvalue weighted by molar-refractivity contribution is 6.01. The molecule has 0 bridgehead atoms. The number of benzene rings is 1.